The van der Waals surface area contributed by atoms with Crippen molar-refractivity contribution in [1.82, 2.24) is 10.3 Å². The van der Waals surface area contributed by atoms with Crippen LogP contribution in [-0.4, -0.2) is 30.4 Å². The molecule has 0 fully saturated rings. The van der Waals surface area contributed by atoms with Gasteiger partial charge in [0.25, 0.3) is 0 Å². The number of Topliss-reactive ketones (excluding diaryl/α,β-unsaturated/α-hetero) is 1. The number of hydrogen-bond acceptors (Lipinski definition) is 6. The molecule has 33 heavy (non-hydrogen) atoms. The summed E-state index contributed by atoms with van der Waals surface area (Å²) in [5.74, 6) is 1.14. The van der Waals surface area contributed by atoms with Crippen LogP contribution in [0.15, 0.2) is 60.8 Å². The van der Waals surface area contributed by atoms with Gasteiger partial charge in [0.15, 0.2) is 17.3 Å². The van der Waals surface area contributed by atoms with Crippen LogP contribution in [0.5, 0.6) is 23.1 Å². The highest BCUT2D eigenvalue weighted by atomic mass is 19.1. The molecule has 0 aliphatic rings. The van der Waals surface area contributed by atoms with Crippen molar-refractivity contribution in [2.45, 2.75) is 26.3 Å². The van der Waals surface area contributed by atoms with Gasteiger partial charge in [-0.1, -0.05) is 12.1 Å². The molecule has 1 amide bonds. The van der Waals surface area contributed by atoms with Crippen molar-refractivity contribution in [2.75, 3.05) is 13.7 Å². The lowest BCUT2D eigenvalue weighted by atomic mass is 10.1. The summed E-state index contributed by atoms with van der Waals surface area (Å²) >= 11 is 0. The molecule has 0 spiro atoms. The zero-order valence-electron chi connectivity index (χ0n) is 18.5. The van der Waals surface area contributed by atoms with Gasteiger partial charge in [-0.2, -0.15) is 0 Å². The summed E-state index contributed by atoms with van der Waals surface area (Å²) in [7, 11) is 1.51. The molecule has 1 heterocycles. The molecule has 0 aliphatic heterocycles. The third-order valence-corrected chi connectivity index (χ3v) is 4.68. The molecule has 2 aromatic carbocycles. The molecule has 1 N–H and O–H groups in total. The molecule has 7 nitrogen and oxygen atoms in total. The van der Waals surface area contributed by atoms with Crippen molar-refractivity contribution in [3.63, 3.8) is 0 Å². The molecule has 0 bridgehead atoms. The van der Waals surface area contributed by atoms with Crippen molar-refractivity contribution in [1.29, 1.82) is 0 Å². The molecule has 172 valence electrons. The van der Waals surface area contributed by atoms with E-state index in [1.165, 1.54) is 26.2 Å². The lowest BCUT2D eigenvalue weighted by molar-refractivity contribution is -0.121. The summed E-state index contributed by atoms with van der Waals surface area (Å²) in [6, 6.07) is 14.2. The predicted molar refractivity (Wildman–Crippen MR) is 120 cm³/mol. The second kappa shape index (κ2) is 11.6. The Hall–Kier alpha value is -3.94. The van der Waals surface area contributed by atoms with Gasteiger partial charge in [-0.05, 0) is 49.2 Å². The topological polar surface area (TPSA) is 86.8 Å². The van der Waals surface area contributed by atoms with Crippen LogP contribution < -0.4 is 19.5 Å². The molecule has 0 atom stereocenters. The zero-order valence-corrected chi connectivity index (χ0v) is 18.5. The summed E-state index contributed by atoms with van der Waals surface area (Å²) in [5.41, 5.74) is 1.35. The van der Waals surface area contributed by atoms with E-state index in [0.717, 1.165) is 5.56 Å². The minimum absolute atomic E-state index is 0.0551. The van der Waals surface area contributed by atoms with E-state index in [1.54, 1.807) is 48.7 Å². The van der Waals surface area contributed by atoms with E-state index in [0.29, 0.717) is 54.7 Å². The van der Waals surface area contributed by atoms with Crippen molar-refractivity contribution in [2.24, 2.45) is 0 Å². The average Bonchev–Trinajstić information content (AvgIpc) is 2.81. The monoisotopic (exact) mass is 452 g/mol. The number of hydrogen-bond donors (Lipinski definition) is 1. The highest BCUT2D eigenvalue weighted by Crippen LogP contribution is 2.28. The molecule has 1 aromatic heterocycles. The fourth-order valence-electron chi connectivity index (χ4n) is 2.94. The molecule has 0 saturated carbocycles. The maximum atomic E-state index is 13.2. The number of ketones is 1. The first-order valence-electron chi connectivity index (χ1n) is 10.4. The summed E-state index contributed by atoms with van der Waals surface area (Å²) < 4.78 is 29.7. The van der Waals surface area contributed by atoms with Crippen LogP contribution in [0.4, 0.5) is 4.39 Å². The van der Waals surface area contributed by atoms with Crippen LogP contribution in [0, 0.1) is 5.82 Å². The smallest absolute Gasteiger partial charge is 0.220 e. The SMILES string of the molecule is COc1cc(C(C)=O)ccc1OCCCC(=O)NCc1ccc(Oc2cccc(F)c2)nc1. The van der Waals surface area contributed by atoms with Crippen molar-refractivity contribution >= 4 is 11.7 Å². The van der Waals surface area contributed by atoms with Crippen LogP contribution >= 0.6 is 0 Å². The molecule has 8 heteroatoms. The standard InChI is InChI=1S/C25H25FN2O5/c1-17(29)19-9-10-22(23(13-19)31-2)32-12-4-7-24(30)27-15-18-8-11-25(28-16-18)33-21-6-3-5-20(26)14-21/h3,5-6,8-11,13-14,16H,4,7,12,15H2,1-2H3,(H,27,30). The van der Waals surface area contributed by atoms with E-state index < -0.39 is 0 Å². The Morgan fingerprint density at radius 3 is 2.61 bits per heavy atom. The van der Waals surface area contributed by atoms with Crippen LogP contribution in [0.3, 0.4) is 0 Å². The first kappa shape index (κ1) is 23.7. The number of carbonyl (C=O) groups excluding carboxylic acids is 2. The predicted octanol–water partition coefficient (Wildman–Crippen LogP) is 4.70. The van der Waals surface area contributed by atoms with Gasteiger partial charge in [0.05, 0.1) is 13.7 Å². The van der Waals surface area contributed by atoms with Gasteiger partial charge in [0.1, 0.15) is 11.6 Å². The fourth-order valence-corrected chi connectivity index (χ4v) is 2.94. The third-order valence-electron chi connectivity index (χ3n) is 4.68. The number of amides is 1. The number of nitrogens with one attached hydrogen (secondary N) is 1. The van der Waals surface area contributed by atoms with Gasteiger partial charge in [-0.15, -0.1) is 0 Å². The van der Waals surface area contributed by atoms with Crippen LogP contribution in [0.25, 0.3) is 0 Å². The van der Waals surface area contributed by atoms with Crippen molar-refractivity contribution in [3.05, 3.63) is 77.7 Å². The number of rotatable bonds is 11. The number of ether oxygens (including phenoxy) is 3. The number of halogens is 1. The molecule has 3 rings (SSSR count). The summed E-state index contributed by atoms with van der Waals surface area (Å²) in [4.78, 5) is 27.7. The van der Waals surface area contributed by atoms with Gasteiger partial charge >= 0.3 is 0 Å². The average molecular weight is 452 g/mol. The second-order valence-electron chi connectivity index (χ2n) is 7.21. The van der Waals surface area contributed by atoms with E-state index in [2.05, 4.69) is 10.3 Å². The third kappa shape index (κ3) is 7.31. The Bertz CT molecular complexity index is 1100. The van der Waals surface area contributed by atoms with Gasteiger partial charge in [0.2, 0.25) is 11.8 Å². The first-order chi connectivity index (χ1) is 15.9. The lowest BCUT2D eigenvalue weighted by Gasteiger charge is -2.11. The first-order valence-corrected chi connectivity index (χ1v) is 10.4. The number of nitrogens with zero attached hydrogens (tertiary/aromatic N) is 1. The highest BCUT2D eigenvalue weighted by molar-refractivity contribution is 5.94. The van der Waals surface area contributed by atoms with Gasteiger partial charge in [0, 0.05) is 36.9 Å². The maximum absolute atomic E-state index is 13.2. The molecule has 3 aromatic rings. The number of methoxy groups -OCH3 is 1. The highest BCUT2D eigenvalue weighted by Gasteiger charge is 2.09. The number of carbonyl (C=O) groups is 2. The van der Waals surface area contributed by atoms with Gasteiger partial charge in [-0.3, -0.25) is 9.59 Å². The van der Waals surface area contributed by atoms with Crippen LogP contribution in [-0.2, 0) is 11.3 Å². The van der Waals surface area contributed by atoms with Crippen molar-refractivity contribution < 1.29 is 28.2 Å². The molecule has 0 aliphatic carbocycles. The molecular formula is C25H25FN2O5. The Balaban J connectivity index is 1.39. The fraction of sp³-hybridized carbons (Fsp3) is 0.240. The van der Waals surface area contributed by atoms with Crippen LogP contribution in [0.1, 0.15) is 35.7 Å². The molecule has 0 radical (unpaired) electrons. The second-order valence-corrected chi connectivity index (χ2v) is 7.21. The number of aromatic nitrogens is 1. The normalized spacial score (nSPS) is 10.4. The Labute approximate surface area is 191 Å². The maximum Gasteiger partial charge on any atom is 0.220 e. The molecule has 0 saturated heterocycles. The Morgan fingerprint density at radius 2 is 1.91 bits per heavy atom. The van der Waals surface area contributed by atoms with E-state index in [4.69, 9.17) is 14.2 Å². The summed E-state index contributed by atoms with van der Waals surface area (Å²) in [6.07, 6.45) is 2.40. The summed E-state index contributed by atoms with van der Waals surface area (Å²) in [6.45, 7) is 2.14. The van der Waals surface area contributed by atoms with E-state index in [-0.39, 0.29) is 17.5 Å². The van der Waals surface area contributed by atoms with E-state index in [1.807, 2.05) is 0 Å². The summed E-state index contributed by atoms with van der Waals surface area (Å²) in [5, 5.41) is 2.83. The number of benzene rings is 2. The minimum atomic E-state index is -0.387. The Morgan fingerprint density at radius 1 is 1.06 bits per heavy atom. The van der Waals surface area contributed by atoms with Gasteiger partial charge in [-0.25, -0.2) is 9.37 Å². The van der Waals surface area contributed by atoms with E-state index >= 15 is 0 Å². The zero-order chi connectivity index (χ0) is 23.6. The van der Waals surface area contributed by atoms with Gasteiger partial charge < -0.3 is 19.5 Å². The quantitative estimate of drug-likeness (QED) is 0.335. The Kier molecular flexibility index (Phi) is 8.35. The molecular weight excluding hydrogens is 427 g/mol. The molecule has 0 unspecified atom stereocenters. The number of pyridine rings is 1. The van der Waals surface area contributed by atoms with Crippen molar-refractivity contribution in [3.8, 4) is 23.1 Å². The van der Waals surface area contributed by atoms with Crippen LogP contribution in [0.2, 0.25) is 0 Å². The van der Waals surface area contributed by atoms with E-state index in [9.17, 15) is 14.0 Å². The lowest BCUT2D eigenvalue weighted by Crippen LogP contribution is -2.23. The largest absolute Gasteiger partial charge is 0.493 e. The minimum Gasteiger partial charge on any atom is -0.493 e.